The number of piperidine rings is 1. The van der Waals surface area contributed by atoms with Gasteiger partial charge in [-0.25, -0.2) is 4.99 Å². The van der Waals surface area contributed by atoms with Crippen LogP contribution in [0.1, 0.15) is 19.3 Å². The first kappa shape index (κ1) is 7.65. The molecule has 0 amide bonds. The van der Waals surface area contributed by atoms with Gasteiger partial charge in [0.2, 0.25) is 0 Å². The fraction of sp³-hybridized carbons (Fsp3) is 0.667. The van der Waals surface area contributed by atoms with Crippen LogP contribution in [0.25, 0.3) is 0 Å². The Morgan fingerprint density at radius 3 is 2.75 bits per heavy atom. The van der Waals surface area contributed by atoms with Crippen molar-refractivity contribution in [1.29, 1.82) is 0 Å². The van der Waals surface area contributed by atoms with Crippen LogP contribution in [0, 0.1) is 0 Å². The highest BCUT2D eigenvalue weighted by atomic mass is 15.3. The van der Waals surface area contributed by atoms with Crippen LogP contribution >= 0.6 is 0 Å². The van der Waals surface area contributed by atoms with Gasteiger partial charge in [-0.05, 0) is 25.3 Å². The van der Waals surface area contributed by atoms with E-state index in [0.29, 0.717) is 0 Å². The average Bonchev–Trinajstić information content (AvgIpc) is 2.21. The van der Waals surface area contributed by atoms with E-state index in [9.17, 15) is 0 Å². The Labute approximate surface area is 73.2 Å². The summed E-state index contributed by atoms with van der Waals surface area (Å²) in [6.45, 7) is 3.16. The predicted octanol–water partition coefficient (Wildman–Crippen LogP) is 0.945. The number of hydrogen-bond donors (Lipinski definition) is 1. The molecule has 3 nitrogen and oxygen atoms in total. The molecule has 2 heterocycles. The summed E-state index contributed by atoms with van der Waals surface area (Å²) in [5.74, 6) is 1.07. The van der Waals surface area contributed by atoms with Gasteiger partial charge in [-0.3, -0.25) is 0 Å². The number of likely N-dealkylation sites (tertiary alicyclic amines) is 1. The van der Waals surface area contributed by atoms with E-state index in [-0.39, 0.29) is 0 Å². The Bertz CT molecular complexity index is 202. The van der Waals surface area contributed by atoms with Gasteiger partial charge < -0.3 is 10.2 Å². The molecule has 66 valence electrons. The standard InChI is InChI=1S/C9H15N3/c1-2-7-12(8-3-1)9-10-5-4-6-11-9/h4-5H,1-3,6-8H2,(H,10,11). The summed E-state index contributed by atoms with van der Waals surface area (Å²) < 4.78 is 0. The number of rotatable bonds is 0. The summed E-state index contributed by atoms with van der Waals surface area (Å²) in [4.78, 5) is 6.74. The number of guanidine groups is 1. The molecule has 0 saturated carbocycles. The molecule has 12 heavy (non-hydrogen) atoms. The van der Waals surface area contributed by atoms with E-state index in [4.69, 9.17) is 0 Å². The molecule has 1 N–H and O–H groups in total. The van der Waals surface area contributed by atoms with Gasteiger partial charge in [0.1, 0.15) is 0 Å². The van der Waals surface area contributed by atoms with E-state index in [1.54, 1.807) is 0 Å². The summed E-state index contributed by atoms with van der Waals surface area (Å²) in [5.41, 5.74) is 0. The molecule has 0 spiro atoms. The molecule has 2 rings (SSSR count). The zero-order valence-corrected chi connectivity index (χ0v) is 7.29. The second-order valence-electron chi connectivity index (χ2n) is 3.26. The molecule has 0 radical (unpaired) electrons. The molecule has 3 heteroatoms. The largest absolute Gasteiger partial charge is 0.343 e. The predicted molar refractivity (Wildman–Crippen MR) is 50.0 cm³/mol. The first-order chi connectivity index (χ1) is 5.97. The van der Waals surface area contributed by atoms with Crippen molar-refractivity contribution in [1.82, 2.24) is 10.2 Å². The smallest absolute Gasteiger partial charge is 0.198 e. The highest BCUT2D eigenvalue weighted by molar-refractivity contribution is 5.81. The van der Waals surface area contributed by atoms with Crippen LogP contribution in [0.3, 0.4) is 0 Å². The van der Waals surface area contributed by atoms with Crippen LogP contribution in [-0.2, 0) is 0 Å². The Morgan fingerprint density at radius 2 is 2.08 bits per heavy atom. The third-order valence-corrected chi connectivity index (χ3v) is 2.33. The maximum Gasteiger partial charge on any atom is 0.198 e. The third-order valence-electron chi connectivity index (χ3n) is 2.33. The maximum absolute atomic E-state index is 4.40. The molecule has 0 atom stereocenters. The Morgan fingerprint density at radius 1 is 1.25 bits per heavy atom. The lowest BCUT2D eigenvalue weighted by atomic mass is 10.1. The summed E-state index contributed by atoms with van der Waals surface area (Å²) in [6.07, 6.45) is 8.01. The zero-order chi connectivity index (χ0) is 8.23. The normalized spacial score (nSPS) is 23.3. The molecule has 0 aromatic carbocycles. The SMILES string of the molecule is C1=CNC(N2CCCCC2)=NC1. The lowest BCUT2D eigenvalue weighted by Crippen LogP contribution is -2.43. The van der Waals surface area contributed by atoms with Crippen molar-refractivity contribution in [3.8, 4) is 0 Å². The van der Waals surface area contributed by atoms with Crippen molar-refractivity contribution in [2.24, 2.45) is 4.99 Å². The number of hydrogen-bond acceptors (Lipinski definition) is 3. The van der Waals surface area contributed by atoms with Gasteiger partial charge in [-0.1, -0.05) is 0 Å². The number of aliphatic imine (C=N–C) groups is 1. The number of nitrogens with one attached hydrogen (secondary N) is 1. The second kappa shape index (κ2) is 3.61. The van der Waals surface area contributed by atoms with Gasteiger partial charge in [0.25, 0.3) is 0 Å². The van der Waals surface area contributed by atoms with Crippen LogP contribution in [-0.4, -0.2) is 30.5 Å². The van der Waals surface area contributed by atoms with E-state index in [0.717, 1.165) is 12.5 Å². The fourth-order valence-electron chi connectivity index (χ4n) is 1.67. The molecule has 1 saturated heterocycles. The van der Waals surface area contributed by atoms with Gasteiger partial charge in [-0.15, -0.1) is 0 Å². The summed E-state index contributed by atoms with van der Waals surface area (Å²) in [7, 11) is 0. The highest BCUT2D eigenvalue weighted by Crippen LogP contribution is 2.09. The van der Waals surface area contributed by atoms with E-state index in [1.807, 2.05) is 12.3 Å². The van der Waals surface area contributed by atoms with Crippen molar-refractivity contribution in [2.45, 2.75) is 19.3 Å². The first-order valence-corrected chi connectivity index (χ1v) is 4.68. The zero-order valence-electron chi connectivity index (χ0n) is 7.29. The molecule has 0 aliphatic carbocycles. The molecular formula is C9H15N3. The minimum Gasteiger partial charge on any atom is -0.343 e. The van der Waals surface area contributed by atoms with Crippen LogP contribution in [0.15, 0.2) is 17.3 Å². The summed E-state index contributed by atoms with van der Waals surface area (Å²) in [5, 5.41) is 3.18. The van der Waals surface area contributed by atoms with Gasteiger partial charge in [0.05, 0.1) is 6.54 Å². The minimum atomic E-state index is 0.832. The Hall–Kier alpha value is -0.990. The monoisotopic (exact) mass is 165 g/mol. The van der Waals surface area contributed by atoms with Crippen molar-refractivity contribution in [3.63, 3.8) is 0 Å². The molecule has 2 aliphatic heterocycles. The van der Waals surface area contributed by atoms with Gasteiger partial charge in [-0.2, -0.15) is 0 Å². The Balaban J connectivity index is 1.93. The lowest BCUT2D eigenvalue weighted by molar-refractivity contribution is 0.334. The van der Waals surface area contributed by atoms with E-state index >= 15 is 0 Å². The van der Waals surface area contributed by atoms with Crippen molar-refractivity contribution in [3.05, 3.63) is 12.3 Å². The van der Waals surface area contributed by atoms with Crippen LogP contribution < -0.4 is 5.32 Å². The van der Waals surface area contributed by atoms with Crippen molar-refractivity contribution in [2.75, 3.05) is 19.6 Å². The van der Waals surface area contributed by atoms with Crippen LogP contribution in [0.4, 0.5) is 0 Å². The van der Waals surface area contributed by atoms with Crippen LogP contribution in [0.5, 0.6) is 0 Å². The van der Waals surface area contributed by atoms with Crippen molar-refractivity contribution >= 4 is 5.96 Å². The van der Waals surface area contributed by atoms with E-state index < -0.39 is 0 Å². The molecule has 0 aromatic heterocycles. The summed E-state index contributed by atoms with van der Waals surface area (Å²) >= 11 is 0. The number of nitrogens with zero attached hydrogens (tertiary/aromatic N) is 2. The van der Waals surface area contributed by atoms with E-state index in [1.165, 1.54) is 32.4 Å². The topological polar surface area (TPSA) is 27.6 Å². The first-order valence-electron chi connectivity index (χ1n) is 4.68. The van der Waals surface area contributed by atoms with Crippen molar-refractivity contribution < 1.29 is 0 Å². The van der Waals surface area contributed by atoms with Crippen LogP contribution in [0.2, 0.25) is 0 Å². The fourth-order valence-corrected chi connectivity index (χ4v) is 1.67. The molecule has 0 aromatic rings. The maximum atomic E-state index is 4.40. The third kappa shape index (κ3) is 1.60. The average molecular weight is 165 g/mol. The molecule has 0 unspecified atom stereocenters. The Kier molecular flexibility index (Phi) is 2.30. The minimum absolute atomic E-state index is 0.832. The molecule has 0 bridgehead atoms. The molecule has 2 aliphatic rings. The molecular weight excluding hydrogens is 150 g/mol. The second-order valence-corrected chi connectivity index (χ2v) is 3.26. The van der Waals surface area contributed by atoms with E-state index in [2.05, 4.69) is 15.2 Å². The highest BCUT2D eigenvalue weighted by Gasteiger charge is 2.13. The van der Waals surface area contributed by atoms with Gasteiger partial charge in [0, 0.05) is 19.3 Å². The van der Waals surface area contributed by atoms with Gasteiger partial charge in [0.15, 0.2) is 5.96 Å². The molecule has 1 fully saturated rings. The quantitative estimate of drug-likeness (QED) is 0.578. The van der Waals surface area contributed by atoms with Gasteiger partial charge >= 0.3 is 0 Å². The summed E-state index contributed by atoms with van der Waals surface area (Å²) in [6, 6.07) is 0. The lowest BCUT2D eigenvalue weighted by Gasteiger charge is -2.30.